The summed E-state index contributed by atoms with van der Waals surface area (Å²) < 4.78 is 41.6. The average Bonchev–Trinajstić information content (AvgIpc) is 3.34. The number of halogens is 1. The third kappa shape index (κ3) is 9.36. The molecule has 3 aromatic carbocycles. The molecule has 11 nitrogen and oxygen atoms in total. The zero-order chi connectivity index (χ0) is 39.4. The van der Waals surface area contributed by atoms with E-state index in [2.05, 4.69) is 11.8 Å². The van der Waals surface area contributed by atoms with Gasteiger partial charge >= 0.3 is 25.0 Å². The van der Waals surface area contributed by atoms with Crippen LogP contribution in [0.4, 0.5) is 10.1 Å². The van der Waals surface area contributed by atoms with Crippen molar-refractivity contribution in [2.45, 2.75) is 90.3 Å². The molecule has 2 saturated heterocycles. The first kappa shape index (κ1) is 40.2. The number of ether oxygens (including phenoxy) is 3. The number of rotatable bonds is 12. The summed E-state index contributed by atoms with van der Waals surface area (Å²) in [6.45, 7) is 10.6. The van der Waals surface area contributed by atoms with E-state index in [4.69, 9.17) is 23.5 Å². The smallest absolute Gasteiger partial charge is 0.462 e. The Kier molecular flexibility index (Phi) is 12.0. The van der Waals surface area contributed by atoms with Crippen LogP contribution in [0.5, 0.6) is 0 Å². The van der Waals surface area contributed by atoms with Gasteiger partial charge in [0.1, 0.15) is 25.1 Å². The van der Waals surface area contributed by atoms with Crippen molar-refractivity contribution in [2.75, 3.05) is 18.1 Å². The van der Waals surface area contributed by atoms with Gasteiger partial charge in [-0.3, -0.25) is 19.2 Å². The van der Waals surface area contributed by atoms with Gasteiger partial charge in [-0.2, -0.15) is 0 Å². The lowest BCUT2D eigenvalue weighted by molar-refractivity contribution is -0.154. The second-order valence-corrected chi connectivity index (χ2v) is 14.6. The summed E-state index contributed by atoms with van der Waals surface area (Å²) in [5, 5.41) is 10.9. The lowest BCUT2D eigenvalue weighted by Crippen LogP contribution is -2.55. The number of amides is 1. The van der Waals surface area contributed by atoms with Crippen LogP contribution in [0.15, 0.2) is 72.8 Å². The Balaban J connectivity index is 1.42. The summed E-state index contributed by atoms with van der Waals surface area (Å²) in [5.74, 6) is 2.75. The third-order valence-corrected chi connectivity index (χ3v) is 9.92. The van der Waals surface area contributed by atoms with Gasteiger partial charge in [0.05, 0.1) is 23.2 Å². The standard InChI is InChI=1S/C41H45BFNO10/c1-26(45)50-24-41(49,25-51-27(2)46)23-22-29-8-10-31(11-9-29)37-35(20-21-36(52-28(3)47)30-12-16-33(43)17-13-30)38(48)44(37)34-18-14-32(15-19-34)42-53-39(4,5)40(6,7)54-42/h8-19,35-37,49H,20-21,24-25H2,1-7H3/t35-,36?,37-/m1/s1. The second-order valence-electron chi connectivity index (χ2n) is 14.6. The van der Waals surface area contributed by atoms with Gasteiger partial charge in [0.2, 0.25) is 5.91 Å². The molecular weight excluding hydrogens is 696 g/mol. The van der Waals surface area contributed by atoms with Crippen molar-refractivity contribution < 1.29 is 52.2 Å². The van der Waals surface area contributed by atoms with Crippen molar-refractivity contribution in [1.82, 2.24) is 0 Å². The molecule has 1 amide bonds. The number of hydrogen-bond acceptors (Lipinski definition) is 10. The summed E-state index contributed by atoms with van der Waals surface area (Å²) in [6, 6.07) is 19.9. The monoisotopic (exact) mass is 741 g/mol. The van der Waals surface area contributed by atoms with E-state index < -0.39 is 78.9 Å². The number of carbonyl (C=O) groups is 4. The Morgan fingerprint density at radius 1 is 0.870 bits per heavy atom. The maximum absolute atomic E-state index is 14.0. The van der Waals surface area contributed by atoms with Gasteiger partial charge in [0.15, 0.2) is 5.60 Å². The Morgan fingerprint density at radius 2 is 1.43 bits per heavy atom. The van der Waals surface area contributed by atoms with Gasteiger partial charge in [-0.25, -0.2) is 4.39 Å². The fourth-order valence-electron chi connectivity index (χ4n) is 6.28. The number of nitrogens with zero attached hydrogens (tertiary/aromatic N) is 1. The molecule has 1 unspecified atom stereocenters. The van der Waals surface area contributed by atoms with Gasteiger partial charge in [0, 0.05) is 32.0 Å². The minimum absolute atomic E-state index is 0.117. The first-order chi connectivity index (χ1) is 25.4. The van der Waals surface area contributed by atoms with Crippen LogP contribution in [0.3, 0.4) is 0 Å². The number of aliphatic hydroxyl groups is 1. The van der Waals surface area contributed by atoms with Crippen LogP contribution in [0.25, 0.3) is 0 Å². The van der Waals surface area contributed by atoms with Crippen molar-refractivity contribution >= 4 is 42.1 Å². The number of anilines is 1. The van der Waals surface area contributed by atoms with Crippen molar-refractivity contribution in [3.05, 3.63) is 95.3 Å². The van der Waals surface area contributed by atoms with Gasteiger partial charge in [-0.1, -0.05) is 48.2 Å². The Labute approximate surface area is 315 Å². The van der Waals surface area contributed by atoms with Crippen LogP contribution in [0, 0.1) is 23.6 Å². The van der Waals surface area contributed by atoms with Gasteiger partial charge in [0.25, 0.3) is 0 Å². The van der Waals surface area contributed by atoms with E-state index in [-0.39, 0.29) is 5.91 Å². The van der Waals surface area contributed by atoms with Crippen molar-refractivity contribution in [3.8, 4) is 11.8 Å². The maximum Gasteiger partial charge on any atom is 0.494 e. The van der Waals surface area contributed by atoms with Gasteiger partial charge in [-0.05, 0) is 93.5 Å². The fourth-order valence-corrected chi connectivity index (χ4v) is 6.28. The summed E-state index contributed by atoms with van der Waals surface area (Å²) >= 11 is 0. The lowest BCUT2D eigenvalue weighted by atomic mass is 9.77. The van der Waals surface area contributed by atoms with E-state index >= 15 is 0 Å². The third-order valence-electron chi connectivity index (χ3n) is 9.92. The molecule has 13 heteroatoms. The number of hydrogen-bond donors (Lipinski definition) is 1. The average molecular weight is 742 g/mol. The highest BCUT2D eigenvalue weighted by Crippen LogP contribution is 2.46. The predicted molar refractivity (Wildman–Crippen MR) is 198 cm³/mol. The molecule has 5 rings (SSSR count). The first-order valence-corrected chi connectivity index (χ1v) is 17.7. The number of carbonyl (C=O) groups excluding carboxylic acids is 4. The zero-order valence-corrected chi connectivity index (χ0v) is 31.5. The van der Waals surface area contributed by atoms with E-state index in [1.54, 1.807) is 29.2 Å². The highest BCUT2D eigenvalue weighted by atomic mass is 19.1. The van der Waals surface area contributed by atoms with Gasteiger partial charge in [-0.15, -0.1) is 0 Å². The molecule has 0 radical (unpaired) electrons. The van der Waals surface area contributed by atoms with Crippen molar-refractivity contribution in [1.29, 1.82) is 0 Å². The summed E-state index contributed by atoms with van der Waals surface area (Å²) in [7, 11) is -0.571. The molecule has 2 aliphatic heterocycles. The molecular formula is C41H45BFNO10. The summed E-state index contributed by atoms with van der Waals surface area (Å²) in [6.07, 6.45) is 0.00198. The molecule has 284 valence electrons. The van der Waals surface area contributed by atoms with Crippen LogP contribution in [0.1, 0.15) is 90.1 Å². The van der Waals surface area contributed by atoms with Crippen LogP contribution >= 0.6 is 0 Å². The highest BCUT2D eigenvalue weighted by molar-refractivity contribution is 6.62. The van der Waals surface area contributed by atoms with E-state index in [0.717, 1.165) is 11.0 Å². The van der Waals surface area contributed by atoms with Gasteiger partial charge < -0.3 is 33.5 Å². The Bertz CT molecular complexity index is 1880. The van der Waals surface area contributed by atoms with Crippen molar-refractivity contribution in [3.63, 3.8) is 0 Å². The molecule has 0 aliphatic carbocycles. The Morgan fingerprint density at radius 3 is 1.94 bits per heavy atom. The molecule has 0 spiro atoms. The molecule has 54 heavy (non-hydrogen) atoms. The molecule has 1 N–H and O–H groups in total. The van der Waals surface area contributed by atoms with Crippen molar-refractivity contribution in [2.24, 2.45) is 5.92 Å². The van der Waals surface area contributed by atoms with Crippen LogP contribution < -0.4 is 10.4 Å². The predicted octanol–water partition coefficient (Wildman–Crippen LogP) is 5.12. The first-order valence-electron chi connectivity index (χ1n) is 17.7. The molecule has 2 aliphatic rings. The fraction of sp³-hybridized carbons (Fsp3) is 0.415. The second kappa shape index (κ2) is 16.1. The molecule has 0 bridgehead atoms. The molecule has 3 atom stereocenters. The molecule has 0 aromatic heterocycles. The largest absolute Gasteiger partial charge is 0.494 e. The quantitative estimate of drug-likeness (QED) is 0.0876. The zero-order valence-electron chi connectivity index (χ0n) is 31.5. The number of β-lactam (4-membered cyclic amide) rings is 1. The molecule has 2 fully saturated rings. The SMILES string of the molecule is CC(=O)OCC(O)(C#Cc1ccc([C@@H]2[C@@H](CCC(OC(C)=O)c3ccc(F)cc3)C(=O)N2c2ccc(B3OC(C)(C)C(C)(C)O3)cc2)cc1)COC(C)=O. The molecule has 2 heterocycles. The van der Waals surface area contributed by atoms with Crippen LogP contribution in [-0.2, 0) is 42.7 Å². The van der Waals surface area contributed by atoms with E-state index in [1.807, 2.05) is 64.1 Å². The van der Waals surface area contributed by atoms with Crippen LogP contribution in [-0.4, -0.2) is 66.1 Å². The summed E-state index contributed by atoms with van der Waals surface area (Å²) in [5.41, 5.74) is 0.451. The van der Waals surface area contributed by atoms with E-state index in [0.29, 0.717) is 29.7 Å². The maximum atomic E-state index is 14.0. The Hall–Kier alpha value is -5.03. The highest BCUT2D eigenvalue weighted by Gasteiger charge is 2.52. The van der Waals surface area contributed by atoms with E-state index in [1.165, 1.54) is 32.9 Å². The minimum atomic E-state index is -1.94. The summed E-state index contributed by atoms with van der Waals surface area (Å²) in [4.78, 5) is 50.5. The normalized spacial score (nSPS) is 19.2. The van der Waals surface area contributed by atoms with Crippen LogP contribution in [0.2, 0.25) is 0 Å². The molecule has 0 saturated carbocycles. The number of esters is 3. The minimum Gasteiger partial charge on any atom is -0.462 e. The lowest BCUT2D eigenvalue weighted by Gasteiger charge is -2.48. The molecule has 3 aromatic rings. The van der Waals surface area contributed by atoms with E-state index in [9.17, 15) is 28.7 Å². The topological polar surface area (TPSA) is 138 Å². The number of benzene rings is 3.